The van der Waals surface area contributed by atoms with Gasteiger partial charge in [-0.2, -0.15) is 0 Å². The normalized spacial score (nSPS) is 19.6. The summed E-state index contributed by atoms with van der Waals surface area (Å²) >= 11 is 0. The van der Waals surface area contributed by atoms with E-state index < -0.39 is 17.8 Å². The van der Waals surface area contributed by atoms with E-state index >= 15 is 0 Å². The molecule has 0 bridgehead atoms. The number of carboxylic acid groups (broad SMARTS) is 1. The number of benzene rings is 1. The number of nitrogens with zero attached hydrogens (tertiary/aromatic N) is 1. The van der Waals surface area contributed by atoms with Crippen LogP contribution in [0.5, 0.6) is 0 Å². The standard InChI is InChI=1S/C18H23NO5/c1-18(2)19(15(13-24-18)10-6-7-11-16(20)21)17(22)23-12-14-8-4-3-5-9-14/h3-6,8-10,15H,7,11-13H2,1-2H3,(H,20,21)/b10-6+/t15-/m0/s1. The fraction of sp³-hybridized carbons (Fsp3) is 0.444. The highest BCUT2D eigenvalue weighted by Crippen LogP contribution is 2.29. The van der Waals surface area contributed by atoms with Crippen molar-refractivity contribution in [2.75, 3.05) is 6.61 Å². The summed E-state index contributed by atoms with van der Waals surface area (Å²) in [5.41, 5.74) is 0.146. The van der Waals surface area contributed by atoms with Gasteiger partial charge in [-0.15, -0.1) is 0 Å². The van der Waals surface area contributed by atoms with Crippen LogP contribution in [0.15, 0.2) is 42.5 Å². The van der Waals surface area contributed by atoms with Crippen molar-refractivity contribution in [2.45, 2.75) is 45.1 Å². The van der Waals surface area contributed by atoms with Crippen LogP contribution in [0.25, 0.3) is 0 Å². The zero-order valence-electron chi connectivity index (χ0n) is 14.0. The first-order valence-corrected chi connectivity index (χ1v) is 7.92. The van der Waals surface area contributed by atoms with E-state index in [1.54, 1.807) is 11.0 Å². The van der Waals surface area contributed by atoms with Crippen molar-refractivity contribution < 1.29 is 24.2 Å². The molecule has 0 spiro atoms. The van der Waals surface area contributed by atoms with E-state index in [9.17, 15) is 9.59 Å². The quantitative estimate of drug-likeness (QED) is 0.809. The molecular formula is C18H23NO5. The van der Waals surface area contributed by atoms with E-state index in [2.05, 4.69) is 0 Å². The molecule has 1 aliphatic rings. The molecular weight excluding hydrogens is 310 g/mol. The first kappa shape index (κ1) is 18.0. The summed E-state index contributed by atoms with van der Waals surface area (Å²) in [7, 11) is 0. The van der Waals surface area contributed by atoms with Crippen LogP contribution in [0.1, 0.15) is 32.3 Å². The van der Waals surface area contributed by atoms with E-state index in [1.165, 1.54) is 0 Å². The molecule has 1 atom stereocenters. The lowest BCUT2D eigenvalue weighted by Gasteiger charge is -2.31. The Balaban J connectivity index is 1.97. The van der Waals surface area contributed by atoms with Gasteiger partial charge in [0, 0.05) is 6.42 Å². The Morgan fingerprint density at radius 3 is 2.75 bits per heavy atom. The predicted octanol–water partition coefficient (Wildman–Crippen LogP) is 3.18. The highest BCUT2D eigenvalue weighted by molar-refractivity contribution is 5.69. The van der Waals surface area contributed by atoms with Gasteiger partial charge in [-0.3, -0.25) is 9.69 Å². The van der Waals surface area contributed by atoms with E-state index in [0.29, 0.717) is 13.0 Å². The fourth-order valence-corrected chi connectivity index (χ4v) is 2.58. The summed E-state index contributed by atoms with van der Waals surface area (Å²) in [6.45, 7) is 4.17. The van der Waals surface area contributed by atoms with Crippen LogP contribution >= 0.6 is 0 Å². The van der Waals surface area contributed by atoms with Gasteiger partial charge in [0.2, 0.25) is 0 Å². The van der Waals surface area contributed by atoms with Gasteiger partial charge < -0.3 is 14.6 Å². The lowest BCUT2D eigenvalue weighted by molar-refractivity contribution is -0.136. The molecule has 0 saturated carbocycles. The van der Waals surface area contributed by atoms with Crippen LogP contribution in [-0.2, 0) is 20.9 Å². The largest absolute Gasteiger partial charge is 0.481 e. The van der Waals surface area contributed by atoms with Gasteiger partial charge >= 0.3 is 12.1 Å². The Kier molecular flexibility index (Phi) is 5.98. The molecule has 1 heterocycles. The number of carbonyl (C=O) groups is 2. The first-order chi connectivity index (χ1) is 11.4. The van der Waals surface area contributed by atoms with Gasteiger partial charge in [0.25, 0.3) is 0 Å². The van der Waals surface area contributed by atoms with Crippen molar-refractivity contribution in [3.05, 3.63) is 48.0 Å². The second-order valence-electron chi connectivity index (χ2n) is 6.10. The molecule has 2 rings (SSSR count). The Labute approximate surface area is 141 Å². The van der Waals surface area contributed by atoms with Crippen molar-refractivity contribution in [1.29, 1.82) is 0 Å². The molecule has 1 fully saturated rings. The van der Waals surface area contributed by atoms with E-state index in [4.69, 9.17) is 14.6 Å². The van der Waals surface area contributed by atoms with E-state index in [0.717, 1.165) is 5.56 Å². The third-order valence-corrected chi connectivity index (χ3v) is 3.80. The van der Waals surface area contributed by atoms with Crippen LogP contribution in [0.2, 0.25) is 0 Å². The summed E-state index contributed by atoms with van der Waals surface area (Å²) in [5, 5.41) is 8.66. The average Bonchev–Trinajstić information content (AvgIpc) is 2.85. The summed E-state index contributed by atoms with van der Waals surface area (Å²) in [6, 6.07) is 9.20. The number of carboxylic acids is 1. The molecule has 0 aromatic heterocycles. The second kappa shape index (κ2) is 7.97. The molecule has 1 aliphatic heterocycles. The monoisotopic (exact) mass is 333 g/mol. The maximum atomic E-state index is 12.5. The van der Waals surface area contributed by atoms with Crippen molar-refractivity contribution >= 4 is 12.1 Å². The molecule has 0 radical (unpaired) electrons. The minimum absolute atomic E-state index is 0.0614. The highest BCUT2D eigenvalue weighted by Gasteiger charge is 2.43. The Morgan fingerprint density at radius 1 is 1.38 bits per heavy atom. The van der Waals surface area contributed by atoms with Gasteiger partial charge in [0.15, 0.2) is 0 Å². The van der Waals surface area contributed by atoms with Crippen LogP contribution < -0.4 is 0 Å². The number of aliphatic carboxylic acids is 1. The molecule has 130 valence electrons. The number of rotatable bonds is 6. The minimum atomic E-state index is -0.846. The summed E-state index contributed by atoms with van der Waals surface area (Å²) in [4.78, 5) is 24.6. The maximum Gasteiger partial charge on any atom is 0.412 e. The lowest BCUT2D eigenvalue weighted by Crippen LogP contribution is -2.47. The van der Waals surface area contributed by atoms with Gasteiger partial charge in [0.05, 0.1) is 12.6 Å². The van der Waals surface area contributed by atoms with Gasteiger partial charge in [0.1, 0.15) is 12.3 Å². The third kappa shape index (κ3) is 4.83. The van der Waals surface area contributed by atoms with Crippen LogP contribution in [-0.4, -0.2) is 40.4 Å². The molecule has 0 unspecified atom stereocenters. The number of ether oxygens (including phenoxy) is 2. The zero-order valence-corrected chi connectivity index (χ0v) is 14.0. The molecule has 1 aromatic carbocycles. The fourth-order valence-electron chi connectivity index (χ4n) is 2.58. The lowest BCUT2D eigenvalue weighted by atomic mass is 10.2. The molecule has 1 aromatic rings. The summed E-state index contributed by atoms with van der Waals surface area (Å²) < 4.78 is 11.1. The molecule has 1 N–H and O–H groups in total. The van der Waals surface area contributed by atoms with Gasteiger partial charge in [-0.1, -0.05) is 42.5 Å². The maximum absolute atomic E-state index is 12.5. The Hall–Kier alpha value is -2.34. The smallest absolute Gasteiger partial charge is 0.412 e. The van der Waals surface area contributed by atoms with E-state index in [-0.39, 0.29) is 19.1 Å². The number of allylic oxidation sites excluding steroid dienone is 1. The summed E-state index contributed by atoms with van der Waals surface area (Å²) in [5.74, 6) is -0.846. The highest BCUT2D eigenvalue weighted by atomic mass is 16.6. The molecule has 1 amide bonds. The van der Waals surface area contributed by atoms with Crippen molar-refractivity contribution in [3.8, 4) is 0 Å². The number of amides is 1. The SMILES string of the molecule is CC1(C)OC[C@H](/C=C/CCC(=O)O)N1C(=O)OCc1ccccc1. The second-order valence-corrected chi connectivity index (χ2v) is 6.10. The molecule has 24 heavy (non-hydrogen) atoms. The Bertz CT molecular complexity index is 597. The molecule has 6 heteroatoms. The topological polar surface area (TPSA) is 76.1 Å². The molecule has 6 nitrogen and oxygen atoms in total. The van der Waals surface area contributed by atoms with Crippen molar-refractivity contribution in [3.63, 3.8) is 0 Å². The number of hydrogen-bond acceptors (Lipinski definition) is 4. The average molecular weight is 333 g/mol. The minimum Gasteiger partial charge on any atom is -0.481 e. The zero-order chi connectivity index (χ0) is 17.6. The van der Waals surface area contributed by atoms with Crippen LogP contribution in [0, 0.1) is 0 Å². The number of hydrogen-bond donors (Lipinski definition) is 1. The summed E-state index contributed by atoms with van der Waals surface area (Å²) in [6.07, 6.45) is 3.60. The number of carbonyl (C=O) groups excluding carboxylic acids is 1. The predicted molar refractivity (Wildman–Crippen MR) is 88.3 cm³/mol. The first-order valence-electron chi connectivity index (χ1n) is 7.92. The van der Waals surface area contributed by atoms with Crippen molar-refractivity contribution in [2.24, 2.45) is 0 Å². The van der Waals surface area contributed by atoms with Crippen LogP contribution in [0.3, 0.4) is 0 Å². The Morgan fingerprint density at radius 2 is 2.08 bits per heavy atom. The molecule has 0 aliphatic carbocycles. The van der Waals surface area contributed by atoms with Crippen molar-refractivity contribution in [1.82, 2.24) is 4.90 Å². The van der Waals surface area contributed by atoms with Gasteiger partial charge in [-0.05, 0) is 25.8 Å². The van der Waals surface area contributed by atoms with E-state index in [1.807, 2.05) is 50.3 Å². The van der Waals surface area contributed by atoms with Crippen LogP contribution in [0.4, 0.5) is 4.79 Å². The third-order valence-electron chi connectivity index (χ3n) is 3.80. The molecule has 1 saturated heterocycles. The van der Waals surface area contributed by atoms with Gasteiger partial charge in [-0.25, -0.2) is 4.79 Å².